The monoisotopic (exact) mass is 246 g/mol. The first kappa shape index (κ1) is 13.1. The van der Waals surface area contributed by atoms with E-state index in [0.29, 0.717) is 0 Å². The van der Waals surface area contributed by atoms with Crippen LogP contribution in [0, 0.1) is 0 Å². The number of benzene rings is 1. The lowest BCUT2D eigenvalue weighted by molar-refractivity contribution is 0.421. The second-order valence-electron chi connectivity index (χ2n) is 5.65. The van der Waals surface area contributed by atoms with E-state index in [1.54, 1.807) is 0 Å². The SMILES string of the molecule is CC(C)(C)NCCNCc1ccc2cn[nH]c2c1. The molecule has 2 rings (SSSR count). The van der Waals surface area contributed by atoms with Gasteiger partial charge in [0.05, 0.1) is 11.7 Å². The van der Waals surface area contributed by atoms with Gasteiger partial charge in [-0.25, -0.2) is 0 Å². The predicted octanol–water partition coefficient (Wildman–Crippen LogP) is 2.04. The van der Waals surface area contributed by atoms with Crippen molar-refractivity contribution < 1.29 is 0 Å². The largest absolute Gasteiger partial charge is 0.311 e. The molecule has 0 spiro atoms. The zero-order chi connectivity index (χ0) is 13.0. The van der Waals surface area contributed by atoms with Crippen LogP contribution in [0.15, 0.2) is 24.4 Å². The normalized spacial score (nSPS) is 12.2. The number of hydrogen-bond acceptors (Lipinski definition) is 3. The Morgan fingerprint density at radius 1 is 1.22 bits per heavy atom. The van der Waals surface area contributed by atoms with Gasteiger partial charge < -0.3 is 10.6 Å². The van der Waals surface area contributed by atoms with Crippen LogP contribution in [0.2, 0.25) is 0 Å². The zero-order valence-corrected chi connectivity index (χ0v) is 11.4. The van der Waals surface area contributed by atoms with Gasteiger partial charge in [-0.05, 0) is 32.4 Å². The van der Waals surface area contributed by atoms with Crippen LogP contribution < -0.4 is 10.6 Å². The summed E-state index contributed by atoms with van der Waals surface area (Å²) in [4.78, 5) is 0. The van der Waals surface area contributed by atoms with E-state index in [1.807, 2.05) is 6.20 Å². The Bertz CT molecular complexity index is 496. The average molecular weight is 246 g/mol. The van der Waals surface area contributed by atoms with Gasteiger partial charge in [0.15, 0.2) is 0 Å². The first-order chi connectivity index (χ1) is 8.54. The fraction of sp³-hybridized carbons (Fsp3) is 0.500. The van der Waals surface area contributed by atoms with Crippen LogP contribution in [0.3, 0.4) is 0 Å². The number of hydrogen-bond donors (Lipinski definition) is 3. The molecule has 1 aromatic heterocycles. The van der Waals surface area contributed by atoms with Gasteiger partial charge >= 0.3 is 0 Å². The van der Waals surface area contributed by atoms with Crippen LogP contribution in [-0.4, -0.2) is 28.8 Å². The lowest BCUT2D eigenvalue weighted by Gasteiger charge is -2.20. The lowest BCUT2D eigenvalue weighted by atomic mass is 10.1. The maximum atomic E-state index is 4.02. The summed E-state index contributed by atoms with van der Waals surface area (Å²) in [5.74, 6) is 0. The summed E-state index contributed by atoms with van der Waals surface area (Å²) in [6.07, 6.45) is 1.85. The lowest BCUT2D eigenvalue weighted by Crippen LogP contribution is -2.40. The Morgan fingerprint density at radius 2 is 2.06 bits per heavy atom. The van der Waals surface area contributed by atoms with E-state index in [1.165, 1.54) is 5.56 Å². The molecule has 0 aliphatic heterocycles. The van der Waals surface area contributed by atoms with Crippen molar-refractivity contribution in [3.63, 3.8) is 0 Å². The smallest absolute Gasteiger partial charge is 0.0653 e. The summed E-state index contributed by atoms with van der Waals surface area (Å²) < 4.78 is 0. The second kappa shape index (κ2) is 5.50. The highest BCUT2D eigenvalue weighted by molar-refractivity contribution is 5.78. The second-order valence-corrected chi connectivity index (χ2v) is 5.65. The van der Waals surface area contributed by atoms with Crippen molar-refractivity contribution in [1.29, 1.82) is 0 Å². The molecular weight excluding hydrogens is 224 g/mol. The number of nitrogens with zero attached hydrogens (tertiary/aromatic N) is 1. The molecule has 0 amide bonds. The van der Waals surface area contributed by atoms with Gasteiger partial charge in [0.1, 0.15) is 0 Å². The van der Waals surface area contributed by atoms with E-state index in [9.17, 15) is 0 Å². The summed E-state index contributed by atoms with van der Waals surface area (Å²) in [6.45, 7) is 9.38. The average Bonchev–Trinajstić information content (AvgIpc) is 2.74. The molecule has 0 saturated carbocycles. The van der Waals surface area contributed by atoms with Gasteiger partial charge in [-0.3, -0.25) is 5.10 Å². The summed E-state index contributed by atoms with van der Waals surface area (Å²) in [7, 11) is 0. The van der Waals surface area contributed by atoms with E-state index >= 15 is 0 Å². The minimum atomic E-state index is 0.191. The van der Waals surface area contributed by atoms with E-state index in [4.69, 9.17) is 0 Å². The molecule has 1 aromatic carbocycles. The van der Waals surface area contributed by atoms with Crippen molar-refractivity contribution in [2.24, 2.45) is 0 Å². The molecule has 0 bridgehead atoms. The van der Waals surface area contributed by atoms with E-state index in [0.717, 1.165) is 30.5 Å². The molecular formula is C14H22N4. The standard InChI is InChI=1S/C14H22N4/c1-14(2,3)16-7-6-15-9-11-4-5-12-10-17-18-13(12)8-11/h4-5,8,10,15-16H,6-7,9H2,1-3H3,(H,17,18). The molecule has 0 atom stereocenters. The van der Waals surface area contributed by atoms with Gasteiger partial charge in [-0.15, -0.1) is 0 Å². The van der Waals surface area contributed by atoms with Gasteiger partial charge in [0.25, 0.3) is 0 Å². The molecule has 98 valence electrons. The molecule has 0 aliphatic carbocycles. The Kier molecular flexibility index (Phi) is 3.99. The highest BCUT2D eigenvalue weighted by Crippen LogP contribution is 2.12. The molecule has 3 N–H and O–H groups in total. The number of nitrogens with one attached hydrogen (secondary N) is 3. The number of aromatic amines is 1. The van der Waals surface area contributed by atoms with Crippen molar-refractivity contribution >= 4 is 10.9 Å². The molecule has 0 unspecified atom stereocenters. The zero-order valence-electron chi connectivity index (χ0n) is 11.4. The number of aromatic nitrogens is 2. The van der Waals surface area contributed by atoms with Crippen molar-refractivity contribution in [2.45, 2.75) is 32.9 Å². The van der Waals surface area contributed by atoms with Crippen molar-refractivity contribution in [3.05, 3.63) is 30.0 Å². The predicted molar refractivity (Wildman–Crippen MR) is 75.6 cm³/mol. The molecule has 0 saturated heterocycles. The Morgan fingerprint density at radius 3 is 2.83 bits per heavy atom. The van der Waals surface area contributed by atoms with Gasteiger partial charge in [-0.2, -0.15) is 5.10 Å². The summed E-state index contributed by atoms with van der Waals surface area (Å²) in [5, 5.41) is 15.1. The summed E-state index contributed by atoms with van der Waals surface area (Å²) >= 11 is 0. The summed E-state index contributed by atoms with van der Waals surface area (Å²) in [5.41, 5.74) is 2.57. The Labute approximate surface area is 108 Å². The highest BCUT2D eigenvalue weighted by atomic mass is 15.1. The number of rotatable bonds is 5. The quantitative estimate of drug-likeness (QED) is 0.708. The van der Waals surface area contributed by atoms with Crippen LogP contribution >= 0.6 is 0 Å². The van der Waals surface area contributed by atoms with Gasteiger partial charge in [-0.1, -0.05) is 12.1 Å². The van der Waals surface area contributed by atoms with E-state index in [-0.39, 0.29) is 5.54 Å². The first-order valence-electron chi connectivity index (χ1n) is 6.42. The molecule has 2 aromatic rings. The van der Waals surface area contributed by atoms with E-state index in [2.05, 4.69) is 59.8 Å². The minimum absolute atomic E-state index is 0.191. The number of H-pyrrole nitrogens is 1. The summed E-state index contributed by atoms with van der Waals surface area (Å²) in [6, 6.07) is 6.39. The molecule has 0 fully saturated rings. The highest BCUT2D eigenvalue weighted by Gasteiger charge is 2.06. The van der Waals surface area contributed by atoms with Gasteiger partial charge in [0, 0.05) is 30.6 Å². The maximum Gasteiger partial charge on any atom is 0.0653 e. The topological polar surface area (TPSA) is 52.7 Å². The van der Waals surface area contributed by atoms with Crippen LogP contribution in [-0.2, 0) is 6.54 Å². The molecule has 0 radical (unpaired) electrons. The molecule has 4 nitrogen and oxygen atoms in total. The van der Waals surface area contributed by atoms with Crippen LogP contribution in [0.1, 0.15) is 26.3 Å². The minimum Gasteiger partial charge on any atom is -0.311 e. The van der Waals surface area contributed by atoms with Crippen molar-refractivity contribution in [2.75, 3.05) is 13.1 Å². The third-order valence-electron chi connectivity index (χ3n) is 2.79. The van der Waals surface area contributed by atoms with Crippen LogP contribution in [0.5, 0.6) is 0 Å². The first-order valence-corrected chi connectivity index (χ1v) is 6.42. The van der Waals surface area contributed by atoms with E-state index < -0.39 is 0 Å². The molecule has 18 heavy (non-hydrogen) atoms. The third-order valence-corrected chi connectivity index (χ3v) is 2.79. The van der Waals surface area contributed by atoms with Crippen LogP contribution in [0.4, 0.5) is 0 Å². The van der Waals surface area contributed by atoms with Crippen molar-refractivity contribution in [3.8, 4) is 0 Å². The fourth-order valence-corrected chi connectivity index (χ4v) is 1.85. The maximum absolute atomic E-state index is 4.02. The molecule has 1 heterocycles. The van der Waals surface area contributed by atoms with Crippen LogP contribution in [0.25, 0.3) is 10.9 Å². The molecule has 0 aliphatic rings. The molecule has 4 heteroatoms. The fourth-order valence-electron chi connectivity index (χ4n) is 1.85. The Hall–Kier alpha value is -1.39. The van der Waals surface area contributed by atoms with Crippen molar-refractivity contribution in [1.82, 2.24) is 20.8 Å². The Balaban J connectivity index is 1.76. The third kappa shape index (κ3) is 3.82. The van der Waals surface area contributed by atoms with Gasteiger partial charge in [0.2, 0.25) is 0 Å². The number of fused-ring (bicyclic) bond motifs is 1.